The predicted octanol–water partition coefficient (Wildman–Crippen LogP) is 6.42. The summed E-state index contributed by atoms with van der Waals surface area (Å²) in [5.74, 6) is -0.280. The fourth-order valence-corrected chi connectivity index (χ4v) is 10.8. The van der Waals surface area contributed by atoms with Gasteiger partial charge in [-0.3, -0.25) is 14.4 Å². The summed E-state index contributed by atoms with van der Waals surface area (Å²) in [5.41, 5.74) is -0.614. The van der Waals surface area contributed by atoms with Crippen molar-refractivity contribution >= 4 is 17.5 Å². The van der Waals surface area contributed by atoms with E-state index in [1.54, 1.807) is 0 Å². The Balaban J connectivity index is 1.66. The second-order valence-corrected chi connectivity index (χ2v) is 15.7. The quantitative estimate of drug-likeness (QED) is 0.455. The largest absolute Gasteiger partial charge is 0.356 e. The van der Waals surface area contributed by atoms with Crippen molar-refractivity contribution in [1.82, 2.24) is 5.32 Å². The second-order valence-electron chi connectivity index (χ2n) is 15.7. The van der Waals surface area contributed by atoms with Crippen LogP contribution >= 0.6 is 0 Å². The van der Waals surface area contributed by atoms with E-state index < -0.39 is 16.7 Å². The highest BCUT2D eigenvalue weighted by molar-refractivity contribution is 5.97. The molecule has 1 amide bonds. The van der Waals surface area contributed by atoms with Crippen LogP contribution in [0.25, 0.3) is 0 Å². The molecule has 5 nitrogen and oxygen atoms in total. The highest BCUT2D eigenvalue weighted by atomic mass is 16.2. The molecule has 0 aromatic carbocycles. The number of hydrogen-bond donors (Lipinski definition) is 1. The molecule has 8 atom stereocenters. The molecule has 5 heteroatoms. The molecule has 4 fully saturated rings. The van der Waals surface area contributed by atoms with E-state index in [1.165, 1.54) is 5.57 Å². The maximum absolute atomic E-state index is 14.5. The molecule has 1 N–H and O–H groups in total. The van der Waals surface area contributed by atoms with Crippen LogP contribution in [0.4, 0.5) is 0 Å². The zero-order valence-corrected chi connectivity index (χ0v) is 24.9. The van der Waals surface area contributed by atoms with Gasteiger partial charge in [0.15, 0.2) is 11.6 Å². The van der Waals surface area contributed by atoms with Gasteiger partial charge in [-0.05, 0) is 97.9 Å². The highest BCUT2D eigenvalue weighted by Crippen LogP contribution is 2.75. The van der Waals surface area contributed by atoms with Gasteiger partial charge in [0.05, 0.1) is 11.5 Å². The number of nitriles is 1. The molecule has 0 aromatic heterocycles. The van der Waals surface area contributed by atoms with E-state index in [1.807, 2.05) is 26.8 Å². The maximum Gasteiger partial charge on any atom is 0.226 e. The molecule has 5 rings (SSSR count). The lowest BCUT2D eigenvalue weighted by Crippen LogP contribution is -2.67. The standard InChI is InChI=1S/C33H48N2O3/c1-9-35-27(38)33-14-12-28(2,3)18-21(33)25-22(36)16-24-30(6)17-20(19-34)26(37)29(4,5)23(30)10-11-31(24,7)32(25,8)13-15-33/h16,20-21,23,25H,9-15,17-18H2,1-8H3,(H,35,38)/t20?,21-,23-,25-,30-,31+,32+,33-/m0/s1. The highest BCUT2D eigenvalue weighted by Gasteiger charge is 2.71. The van der Waals surface area contributed by atoms with E-state index in [9.17, 15) is 19.6 Å². The number of hydrogen-bond acceptors (Lipinski definition) is 4. The van der Waals surface area contributed by atoms with Crippen LogP contribution in [0.15, 0.2) is 11.6 Å². The minimum absolute atomic E-state index is 0.0282. The Labute approximate surface area is 229 Å². The zero-order chi connectivity index (χ0) is 28.1. The van der Waals surface area contributed by atoms with Gasteiger partial charge in [0.2, 0.25) is 5.91 Å². The van der Waals surface area contributed by atoms with Gasteiger partial charge in [-0.15, -0.1) is 0 Å². The van der Waals surface area contributed by atoms with Crippen LogP contribution < -0.4 is 5.32 Å². The summed E-state index contributed by atoms with van der Waals surface area (Å²) in [6, 6.07) is 2.32. The number of nitrogens with zero attached hydrogens (tertiary/aromatic N) is 1. The molecule has 0 bridgehead atoms. The average Bonchev–Trinajstić information content (AvgIpc) is 2.82. The minimum Gasteiger partial charge on any atom is -0.356 e. The van der Waals surface area contributed by atoms with Gasteiger partial charge in [-0.25, -0.2) is 0 Å². The van der Waals surface area contributed by atoms with Crippen molar-refractivity contribution in [2.75, 3.05) is 6.54 Å². The Bertz CT molecular complexity index is 1160. The normalized spacial score (nSPS) is 46.9. The number of amides is 1. The van der Waals surface area contributed by atoms with Crippen molar-refractivity contribution in [3.8, 4) is 6.07 Å². The van der Waals surface area contributed by atoms with Crippen LogP contribution in [0.3, 0.4) is 0 Å². The number of nitrogens with one attached hydrogen (secondary N) is 1. The summed E-state index contributed by atoms with van der Waals surface area (Å²) in [4.78, 5) is 41.5. The molecule has 0 aromatic rings. The Morgan fingerprint density at radius 3 is 2.29 bits per heavy atom. The summed E-state index contributed by atoms with van der Waals surface area (Å²) in [7, 11) is 0. The first kappa shape index (κ1) is 27.6. The van der Waals surface area contributed by atoms with Gasteiger partial charge in [0, 0.05) is 17.9 Å². The number of carbonyl (C=O) groups excluding carboxylic acids is 3. The second kappa shape index (κ2) is 8.28. The van der Waals surface area contributed by atoms with Crippen molar-refractivity contribution in [2.24, 2.45) is 56.2 Å². The minimum atomic E-state index is -0.633. The van der Waals surface area contributed by atoms with E-state index in [0.29, 0.717) is 13.0 Å². The smallest absolute Gasteiger partial charge is 0.226 e. The first-order valence-electron chi connectivity index (χ1n) is 15.0. The maximum atomic E-state index is 14.5. The zero-order valence-electron chi connectivity index (χ0n) is 24.9. The first-order valence-corrected chi connectivity index (χ1v) is 15.0. The molecule has 0 aliphatic heterocycles. The lowest BCUT2D eigenvalue weighted by molar-refractivity contribution is -0.182. The van der Waals surface area contributed by atoms with Gasteiger partial charge in [-0.2, -0.15) is 5.26 Å². The van der Waals surface area contributed by atoms with E-state index in [2.05, 4.69) is 46.0 Å². The van der Waals surface area contributed by atoms with E-state index in [-0.39, 0.29) is 56.9 Å². The molecule has 4 saturated carbocycles. The number of fused-ring (bicyclic) bond motifs is 7. The first-order chi connectivity index (χ1) is 17.5. The van der Waals surface area contributed by atoms with Crippen molar-refractivity contribution in [3.05, 3.63) is 11.6 Å². The van der Waals surface area contributed by atoms with Crippen molar-refractivity contribution in [1.29, 1.82) is 5.26 Å². The molecule has 0 spiro atoms. The number of rotatable bonds is 2. The SMILES string of the molecule is CCNC(=O)[C@]12CCC(C)(C)C[C@H]1[C@H]1C(=O)C=C3[C@@]4(C)CC(C#N)C(=O)C(C)(C)[C@@H]4CC[C@@]3(C)[C@]1(C)CC2. The van der Waals surface area contributed by atoms with E-state index in [0.717, 1.165) is 44.9 Å². The Morgan fingerprint density at radius 1 is 1.00 bits per heavy atom. The van der Waals surface area contributed by atoms with Gasteiger partial charge in [-0.1, -0.05) is 54.0 Å². The third-order valence-electron chi connectivity index (χ3n) is 13.1. The van der Waals surface area contributed by atoms with E-state index in [4.69, 9.17) is 0 Å². The third-order valence-corrected chi connectivity index (χ3v) is 13.1. The lowest BCUT2D eigenvalue weighted by atomic mass is 9.33. The van der Waals surface area contributed by atoms with Crippen molar-refractivity contribution in [3.63, 3.8) is 0 Å². The van der Waals surface area contributed by atoms with Crippen LogP contribution in [-0.4, -0.2) is 24.0 Å². The Hall–Kier alpha value is -1.96. The summed E-state index contributed by atoms with van der Waals surface area (Å²) < 4.78 is 0. The molecular formula is C33H48N2O3. The summed E-state index contributed by atoms with van der Waals surface area (Å²) >= 11 is 0. The lowest BCUT2D eigenvalue weighted by Gasteiger charge is -2.69. The van der Waals surface area contributed by atoms with E-state index >= 15 is 0 Å². The number of ketones is 2. The predicted molar refractivity (Wildman–Crippen MR) is 148 cm³/mol. The molecule has 5 aliphatic carbocycles. The fourth-order valence-electron chi connectivity index (χ4n) is 10.8. The molecule has 38 heavy (non-hydrogen) atoms. The van der Waals surface area contributed by atoms with Gasteiger partial charge in [0.1, 0.15) is 5.92 Å². The number of allylic oxidation sites excluding steroid dienone is 2. The summed E-state index contributed by atoms with van der Waals surface area (Å²) in [5, 5.41) is 13.1. The van der Waals surface area contributed by atoms with Crippen molar-refractivity contribution in [2.45, 2.75) is 107 Å². The summed E-state index contributed by atoms with van der Waals surface area (Å²) in [6.45, 7) is 18.2. The molecule has 0 radical (unpaired) electrons. The van der Waals surface area contributed by atoms with Crippen LogP contribution in [0.5, 0.6) is 0 Å². The van der Waals surface area contributed by atoms with Crippen molar-refractivity contribution < 1.29 is 14.4 Å². The summed E-state index contributed by atoms with van der Waals surface area (Å²) in [6.07, 6.45) is 8.78. The Morgan fingerprint density at radius 2 is 1.66 bits per heavy atom. The van der Waals surface area contributed by atoms with Crippen LogP contribution in [-0.2, 0) is 14.4 Å². The Kier molecular flexibility index (Phi) is 6.01. The molecule has 0 heterocycles. The van der Waals surface area contributed by atoms with Gasteiger partial charge in [0.25, 0.3) is 0 Å². The average molecular weight is 521 g/mol. The van der Waals surface area contributed by atoms with Crippen LogP contribution in [0, 0.1) is 67.5 Å². The van der Waals surface area contributed by atoms with Gasteiger partial charge < -0.3 is 5.32 Å². The number of carbonyl (C=O) groups is 3. The molecule has 1 unspecified atom stereocenters. The molecule has 5 aliphatic rings. The fraction of sp³-hybridized carbons (Fsp3) is 0.818. The van der Waals surface area contributed by atoms with Gasteiger partial charge >= 0.3 is 0 Å². The third kappa shape index (κ3) is 3.30. The molecule has 208 valence electrons. The van der Waals surface area contributed by atoms with Crippen LogP contribution in [0.1, 0.15) is 107 Å². The van der Waals surface area contributed by atoms with Crippen LogP contribution in [0.2, 0.25) is 0 Å². The topological polar surface area (TPSA) is 87.0 Å². The number of Topliss-reactive ketones (excluding diaryl/α,β-unsaturated/α-hetero) is 1. The molecule has 0 saturated heterocycles. The monoisotopic (exact) mass is 520 g/mol. The molecular weight excluding hydrogens is 472 g/mol.